The van der Waals surface area contributed by atoms with E-state index in [-0.39, 0.29) is 18.2 Å². The molecule has 1 aliphatic rings. The molecule has 5 nitrogen and oxygen atoms in total. The van der Waals surface area contributed by atoms with Crippen LogP contribution in [0.2, 0.25) is 0 Å². The summed E-state index contributed by atoms with van der Waals surface area (Å²) >= 11 is 0. The predicted molar refractivity (Wildman–Crippen MR) is 60.0 cm³/mol. The van der Waals surface area contributed by atoms with Crippen LogP contribution in [0, 0.1) is 0 Å². The van der Waals surface area contributed by atoms with Crippen LogP contribution in [-0.2, 0) is 20.9 Å². The zero-order valence-corrected chi connectivity index (χ0v) is 9.83. The van der Waals surface area contributed by atoms with Gasteiger partial charge in [0.1, 0.15) is 12.7 Å². The summed E-state index contributed by atoms with van der Waals surface area (Å²) in [5, 5.41) is 0. The largest absolute Gasteiger partial charge is 0.460 e. The molecule has 0 aromatic carbocycles. The predicted octanol–water partition coefficient (Wildman–Crippen LogP) is 1.48. The van der Waals surface area contributed by atoms with Crippen molar-refractivity contribution in [2.24, 2.45) is 0 Å². The van der Waals surface area contributed by atoms with E-state index < -0.39 is 0 Å². The third kappa shape index (κ3) is 3.49. The summed E-state index contributed by atoms with van der Waals surface area (Å²) in [6.45, 7) is 1.79. The average Bonchev–Trinajstić information content (AvgIpc) is 2.74. The molecule has 0 unspecified atom stereocenters. The first-order valence-electron chi connectivity index (χ1n) is 5.80. The molecule has 1 saturated carbocycles. The van der Waals surface area contributed by atoms with Gasteiger partial charge in [0, 0.05) is 19.3 Å². The number of nitrogens with zero attached hydrogens (tertiary/aromatic N) is 2. The Bertz CT molecular complexity index is 369. The van der Waals surface area contributed by atoms with E-state index in [9.17, 15) is 4.79 Å². The van der Waals surface area contributed by atoms with Crippen LogP contribution in [0.1, 0.15) is 32.0 Å². The highest BCUT2D eigenvalue weighted by atomic mass is 16.6. The molecule has 1 aliphatic carbocycles. The van der Waals surface area contributed by atoms with Gasteiger partial charge < -0.3 is 9.47 Å². The van der Waals surface area contributed by atoms with E-state index in [1.54, 1.807) is 18.5 Å². The SMILES string of the molecule is CC(=O)O[C@H]1CCC[C@@H]1OCc1ncccn1. The maximum atomic E-state index is 10.9. The van der Waals surface area contributed by atoms with Crippen molar-refractivity contribution in [3.63, 3.8) is 0 Å². The van der Waals surface area contributed by atoms with Crippen molar-refractivity contribution >= 4 is 5.97 Å². The lowest BCUT2D eigenvalue weighted by Crippen LogP contribution is -2.27. The maximum absolute atomic E-state index is 10.9. The fourth-order valence-corrected chi connectivity index (χ4v) is 2.02. The van der Waals surface area contributed by atoms with Gasteiger partial charge in [-0.1, -0.05) is 0 Å². The summed E-state index contributed by atoms with van der Waals surface area (Å²) in [6.07, 6.45) is 6.05. The number of hydrogen-bond acceptors (Lipinski definition) is 5. The summed E-state index contributed by atoms with van der Waals surface area (Å²) in [6, 6.07) is 1.76. The molecule has 0 radical (unpaired) electrons. The van der Waals surface area contributed by atoms with Crippen LogP contribution in [-0.4, -0.2) is 28.1 Å². The zero-order valence-electron chi connectivity index (χ0n) is 9.83. The molecule has 1 heterocycles. The molecule has 0 saturated heterocycles. The van der Waals surface area contributed by atoms with E-state index >= 15 is 0 Å². The number of aromatic nitrogens is 2. The lowest BCUT2D eigenvalue weighted by atomic mass is 10.2. The van der Waals surface area contributed by atoms with Gasteiger partial charge in [-0.2, -0.15) is 0 Å². The summed E-state index contributed by atoms with van der Waals surface area (Å²) < 4.78 is 10.9. The molecule has 1 fully saturated rings. The van der Waals surface area contributed by atoms with Gasteiger partial charge in [0.15, 0.2) is 5.82 Å². The minimum atomic E-state index is -0.249. The van der Waals surface area contributed by atoms with Crippen LogP contribution in [0.25, 0.3) is 0 Å². The second kappa shape index (κ2) is 5.72. The third-order valence-corrected chi connectivity index (χ3v) is 2.76. The van der Waals surface area contributed by atoms with E-state index in [0.717, 1.165) is 19.3 Å². The Morgan fingerprint density at radius 3 is 2.76 bits per heavy atom. The quantitative estimate of drug-likeness (QED) is 0.741. The Balaban J connectivity index is 1.84. The van der Waals surface area contributed by atoms with E-state index in [1.807, 2.05) is 0 Å². The van der Waals surface area contributed by atoms with Crippen LogP contribution in [0.15, 0.2) is 18.5 Å². The monoisotopic (exact) mass is 236 g/mol. The average molecular weight is 236 g/mol. The number of carbonyl (C=O) groups is 1. The lowest BCUT2D eigenvalue weighted by molar-refractivity contribution is -0.153. The van der Waals surface area contributed by atoms with Crippen LogP contribution in [0.4, 0.5) is 0 Å². The highest BCUT2D eigenvalue weighted by Crippen LogP contribution is 2.25. The van der Waals surface area contributed by atoms with Crippen molar-refractivity contribution in [1.29, 1.82) is 0 Å². The Kier molecular flexibility index (Phi) is 4.03. The van der Waals surface area contributed by atoms with Gasteiger partial charge in [-0.3, -0.25) is 4.79 Å². The Labute approximate surface area is 100 Å². The zero-order chi connectivity index (χ0) is 12.1. The number of ether oxygens (including phenoxy) is 2. The normalized spacial score (nSPS) is 23.6. The summed E-state index contributed by atoms with van der Waals surface area (Å²) in [5.41, 5.74) is 0. The third-order valence-electron chi connectivity index (χ3n) is 2.76. The molecule has 1 aromatic heterocycles. The van der Waals surface area contributed by atoms with Crippen molar-refractivity contribution in [3.05, 3.63) is 24.3 Å². The van der Waals surface area contributed by atoms with Gasteiger partial charge >= 0.3 is 5.97 Å². The smallest absolute Gasteiger partial charge is 0.302 e. The van der Waals surface area contributed by atoms with Gasteiger partial charge in [0.2, 0.25) is 0 Å². The van der Waals surface area contributed by atoms with Crippen molar-refractivity contribution < 1.29 is 14.3 Å². The summed E-state index contributed by atoms with van der Waals surface area (Å²) in [4.78, 5) is 19.1. The minimum Gasteiger partial charge on any atom is -0.460 e. The first-order valence-corrected chi connectivity index (χ1v) is 5.80. The summed E-state index contributed by atoms with van der Waals surface area (Å²) in [5.74, 6) is 0.405. The Morgan fingerprint density at radius 2 is 2.06 bits per heavy atom. The van der Waals surface area contributed by atoms with Gasteiger partial charge in [0.05, 0.1) is 6.10 Å². The van der Waals surface area contributed by atoms with Crippen molar-refractivity contribution in [1.82, 2.24) is 9.97 Å². The number of rotatable bonds is 4. The molecule has 0 N–H and O–H groups in total. The molecule has 0 amide bonds. The van der Waals surface area contributed by atoms with Crippen LogP contribution in [0.3, 0.4) is 0 Å². The van der Waals surface area contributed by atoms with Gasteiger partial charge in [-0.25, -0.2) is 9.97 Å². The number of hydrogen-bond donors (Lipinski definition) is 0. The van der Waals surface area contributed by atoms with Gasteiger partial charge in [-0.05, 0) is 25.3 Å². The highest BCUT2D eigenvalue weighted by Gasteiger charge is 2.30. The van der Waals surface area contributed by atoms with Crippen molar-refractivity contribution in [3.8, 4) is 0 Å². The van der Waals surface area contributed by atoms with E-state index in [4.69, 9.17) is 9.47 Å². The van der Waals surface area contributed by atoms with E-state index in [1.165, 1.54) is 6.92 Å². The van der Waals surface area contributed by atoms with Crippen molar-refractivity contribution in [2.75, 3.05) is 0 Å². The summed E-state index contributed by atoms with van der Waals surface area (Å²) in [7, 11) is 0. The molecular weight excluding hydrogens is 220 g/mol. The fraction of sp³-hybridized carbons (Fsp3) is 0.583. The van der Waals surface area contributed by atoms with Crippen LogP contribution < -0.4 is 0 Å². The number of carbonyl (C=O) groups excluding carboxylic acids is 1. The van der Waals surface area contributed by atoms with Gasteiger partial charge in [-0.15, -0.1) is 0 Å². The molecule has 0 bridgehead atoms. The molecule has 17 heavy (non-hydrogen) atoms. The molecule has 2 rings (SSSR count). The number of esters is 1. The van der Waals surface area contributed by atoms with Crippen LogP contribution >= 0.6 is 0 Å². The molecule has 1 aromatic rings. The van der Waals surface area contributed by atoms with Crippen molar-refractivity contribution in [2.45, 2.75) is 45.0 Å². The molecule has 0 aliphatic heterocycles. The second-order valence-corrected chi connectivity index (χ2v) is 4.09. The topological polar surface area (TPSA) is 61.3 Å². The molecule has 2 atom stereocenters. The fourth-order valence-electron chi connectivity index (χ4n) is 2.02. The maximum Gasteiger partial charge on any atom is 0.302 e. The molecular formula is C12H16N2O3. The standard InChI is InChI=1S/C12H16N2O3/c1-9(15)17-11-5-2-4-10(11)16-8-12-13-6-3-7-14-12/h3,6-7,10-11H,2,4-5,8H2,1H3/t10-,11-/m0/s1. The first kappa shape index (κ1) is 12.0. The lowest BCUT2D eigenvalue weighted by Gasteiger charge is -2.19. The van der Waals surface area contributed by atoms with Gasteiger partial charge in [0.25, 0.3) is 0 Å². The minimum absolute atomic E-state index is 0.0253. The highest BCUT2D eigenvalue weighted by molar-refractivity contribution is 5.66. The Hall–Kier alpha value is -1.49. The first-order chi connectivity index (χ1) is 8.25. The van der Waals surface area contributed by atoms with E-state index in [0.29, 0.717) is 12.4 Å². The van der Waals surface area contributed by atoms with E-state index in [2.05, 4.69) is 9.97 Å². The molecule has 92 valence electrons. The molecule has 5 heteroatoms. The Morgan fingerprint density at radius 1 is 1.35 bits per heavy atom. The van der Waals surface area contributed by atoms with Crippen LogP contribution in [0.5, 0.6) is 0 Å². The molecule has 0 spiro atoms. The second-order valence-electron chi connectivity index (χ2n) is 4.09.